The van der Waals surface area contributed by atoms with Gasteiger partial charge < -0.3 is 10.5 Å². The Morgan fingerprint density at radius 2 is 2.38 bits per heavy atom. The van der Waals surface area contributed by atoms with E-state index in [-0.39, 0.29) is 6.10 Å². The number of rotatable bonds is 3. The smallest absolute Gasteiger partial charge is 0.0694 e. The molecule has 1 aliphatic rings. The molecule has 1 aromatic rings. The van der Waals surface area contributed by atoms with Crippen LogP contribution in [0.5, 0.6) is 0 Å². The van der Waals surface area contributed by atoms with Crippen LogP contribution in [-0.4, -0.2) is 22.7 Å². The van der Waals surface area contributed by atoms with E-state index in [1.807, 2.05) is 19.1 Å². The highest BCUT2D eigenvalue weighted by Gasteiger charge is 2.20. The molecule has 2 unspecified atom stereocenters. The van der Waals surface area contributed by atoms with E-state index in [2.05, 4.69) is 0 Å². The van der Waals surface area contributed by atoms with E-state index in [1.54, 1.807) is 6.07 Å². The highest BCUT2D eigenvalue weighted by Crippen LogP contribution is 2.20. The maximum absolute atomic E-state index is 12.1. The average Bonchev–Trinajstić information content (AvgIpc) is 2.74. The molecule has 0 amide bonds. The van der Waals surface area contributed by atoms with Crippen molar-refractivity contribution in [2.75, 3.05) is 18.1 Å². The predicted octanol–water partition coefficient (Wildman–Crippen LogP) is 1.86. The lowest BCUT2D eigenvalue weighted by molar-refractivity contribution is 0.128. The van der Waals surface area contributed by atoms with Crippen molar-refractivity contribution in [1.29, 1.82) is 0 Å². The molecule has 88 valence electrons. The topological polar surface area (TPSA) is 52.3 Å². The Kier molecular flexibility index (Phi) is 3.61. The standard InChI is InChI=1S/C12H17NO2S/c1-9-4-5-10(13)7-12(9)16(14)8-11-3-2-6-15-11/h4-5,7,11H,2-3,6,8,13H2,1H3. The summed E-state index contributed by atoms with van der Waals surface area (Å²) in [5.74, 6) is 0.588. The summed E-state index contributed by atoms with van der Waals surface area (Å²) in [7, 11) is -1.00. The molecule has 0 aliphatic carbocycles. The lowest BCUT2D eigenvalue weighted by Gasteiger charge is -2.11. The summed E-state index contributed by atoms with van der Waals surface area (Å²) in [5, 5.41) is 0. The fourth-order valence-corrected chi connectivity index (χ4v) is 3.37. The van der Waals surface area contributed by atoms with Gasteiger partial charge in [-0.05, 0) is 37.5 Å². The SMILES string of the molecule is Cc1ccc(N)cc1S(=O)CC1CCCO1. The van der Waals surface area contributed by atoms with E-state index in [4.69, 9.17) is 10.5 Å². The Bertz CT molecular complexity index is 400. The molecule has 0 aromatic heterocycles. The lowest BCUT2D eigenvalue weighted by atomic mass is 10.2. The molecule has 2 N–H and O–H groups in total. The third-order valence-electron chi connectivity index (χ3n) is 2.82. The maximum Gasteiger partial charge on any atom is 0.0694 e. The Morgan fingerprint density at radius 3 is 3.06 bits per heavy atom. The summed E-state index contributed by atoms with van der Waals surface area (Å²) in [6, 6.07) is 5.56. The highest BCUT2D eigenvalue weighted by molar-refractivity contribution is 7.85. The van der Waals surface area contributed by atoms with Crippen LogP contribution in [0.15, 0.2) is 23.1 Å². The first-order chi connectivity index (χ1) is 7.66. The van der Waals surface area contributed by atoms with Gasteiger partial charge in [0.1, 0.15) is 0 Å². The number of nitrogen functional groups attached to an aromatic ring is 1. The van der Waals surface area contributed by atoms with Crippen LogP contribution in [0.4, 0.5) is 5.69 Å². The molecule has 2 rings (SSSR count). The molecule has 0 radical (unpaired) electrons. The van der Waals surface area contributed by atoms with Crippen molar-refractivity contribution in [2.45, 2.75) is 30.8 Å². The van der Waals surface area contributed by atoms with Gasteiger partial charge in [0.2, 0.25) is 0 Å². The van der Waals surface area contributed by atoms with Crippen LogP contribution in [-0.2, 0) is 15.5 Å². The summed E-state index contributed by atoms with van der Waals surface area (Å²) in [4.78, 5) is 0.843. The minimum absolute atomic E-state index is 0.154. The van der Waals surface area contributed by atoms with E-state index < -0.39 is 10.8 Å². The van der Waals surface area contributed by atoms with Crippen molar-refractivity contribution in [3.63, 3.8) is 0 Å². The third-order valence-corrected chi connectivity index (χ3v) is 4.42. The quantitative estimate of drug-likeness (QED) is 0.819. The molecule has 1 saturated heterocycles. The monoisotopic (exact) mass is 239 g/mol. The van der Waals surface area contributed by atoms with Crippen molar-refractivity contribution in [3.8, 4) is 0 Å². The maximum atomic E-state index is 12.1. The van der Waals surface area contributed by atoms with Crippen LogP contribution in [0.25, 0.3) is 0 Å². The number of nitrogens with two attached hydrogens (primary N) is 1. The van der Waals surface area contributed by atoms with E-state index in [1.165, 1.54) is 0 Å². The molecule has 3 nitrogen and oxygen atoms in total. The van der Waals surface area contributed by atoms with Crippen molar-refractivity contribution >= 4 is 16.5 Å². The number of anilines is 1. The molecule has 2 atom stereocenters. The average molecular weight is 239 g/mol. The van der Waals surface area contributed by atoms with Crippen LogP contribution in [0.1, 0.15) is 18.4 Å². The molecule has 1 heterocycles. The minimum Gasteiger partial charge on any atom is -0.399 e. The molecule has 16 heavy (non-hydrogen) atoms. The van der Waals surface area contributed by atoms with Crippen LogP contribution in [0, 0.1) is 6.92 Å². The Balaban J connectivity index is 2.10. The zero-order valence-corrected chi connectivity index (χ0v) is 10.3. The van der Waals surface area contributed by atoms with E-state index in [0.717, 1.165) is 29.9 Å². The van der Waals surface area contributed by atoms with Crippen molar-refractivity contribution in [2.24, 2.45) is 0 Å². The van der Waals surface area contributed by atoms with Gasteiger partial charge in [0.15, 0.2) is 0 Å². The number of hydrogen-bond donors (Lipinski definition) is 1. The molecule has 1 aromatic carbocycles. The lowest BCUT2D eigenvalue weighted by Crippen LogP contribution is -2.16. The van der Waals surface area contributed by atoms with Gasteiger partial charge in [-0.3, -0.25) is 4.21 Å². The van der Waals surface area contributed by atoms with Crippen LogP contribution in [0.3, 0.4) is 0 Å². The Labute approximate surface area is 98.4 Å². The summed E-state index contributed by atoms with van der Waals surface area (Å²) >= 11 is 0. The Hall–Kier alpha value is -0.870. The summed E-state index contributed by atoms with van der Waals surface area (Å²) in [6.07, 6.45) is 2.26. The fourth-order valence-electron chi connectivity index (χ4n) is 1.90. The van der Waals surface area contributed by atoms with Crippen molar-refractivity contribution in [1.82, 2.24) is 0 Å². The van der Waals surface area contributed by atoms with E-state index in [9.17, 15) is 4.21 Å². The number of benzene rings is 1. The van der Waals surface area contributed by atoms with Crippen LogP contribution >= 0.6 is 0 Å². The van der Waals surface area contributed by atoms with Crippen molar-refractivity contribution < 1.29 is 8.95 Å². The summed E-state index contributed by atoms with van der Waals surface area (Å²) in [6.45, 7) is 2.76. The van der Waals surface area contributed by atoms with Gasteiger partial charge in [0.25, 0.3) is 0 Å². The molecule has 1 fully saturated rings. The second kappa shape index (κ2) is 4.97. The molecule has 4 heteroatoms. The minimum atomic E-state index is -1.00. The van der Waals surface area contributed by atoms with Crippen LogP contribution < -0.4 is 5.73 Å². The molecular weight excluding hydrogens is 222 g/mol. The van der Waals surface area contributed by atoms with Gasteiger partial charge in [-0.1, -0.05) is 6.07 Å². The molecule has 0 spiro atoms. The second-order valence-corrected chi connectivity index (χ2v) is 5.64. The highest BCUT2D eigenvalue weighted by atomic mass is 32.2. The third kappa shape index (κ3) is 2.62. The molecular formula is C12H17NO2S. The van der Waals surface area contributed by atoms with Crippen LogP contribution in [0.2, 0.25) is 0 Å². The second-order valence-electron chi connectivity index (χ2n) is 4.17. The van der Waals surface area contributed by atoms with E-state index >= 15 is 0 Å². The molecule has 1 aliphatic heterocycles. The Morgan fingerprint density at radius 1 is 1.56 bits per heavy atom. The van der Waals surface area contributed by atoms with Gasteiger partial charge in [-0.25, -0.2) is 0 Å². The summed E-state index contributed by atoms with van der Waals surface area (Å²) < 4.78 is 17.6. The largest absolute Gasteiger partial charge is 0.399 e. The first-order valence-electron chi connectivity index (χ1n) is 5.53. The van der Waals surface area contributed by atoms with Gasteiger partial charge in [0.05, 0.1) is 22.7 Å². The number of hydrogen-bond acceptors (Lipinski definition) is 3. The predicted molar refractivity (Wildman–Crippen MR) is 65.8 cm³/mol. The first kappa shape index (κ1) is 11.6. The number of ether oxygens (including phenoxy) is 1. The zero-order chi connectivity index (χ0) is 11.5. The first-order valence-corrected chi connectivity index (χ1v) is 6.85. The van der Waals surface area contributed by atoms with Crippen molar-refractivity contribution in [3.05, 3.63) is 23.8 Å². The van der Waals surface area contributed by atoms with Gasteiger partial charge >= 0.3 is 0 Å². The fraction of sp³-hybridized carbons (Fsp3) is 0.500. The number of aryl methyl sites for hydroxylation is 1. The molecule has 0 bridgehead atoms. The molecule has 0 saturated carbocycles. The zero-order valence-electron chi connectivity index (χ0n) is 9.44. The normalized spacial score (nSPS) is 22.2. The summed E-state index contributed by atoms with van der Waals surface area (Å²) in [5.41, 5.74) is 7.41. The van der Waals surface area contributed by atoms with Gasteiger partial charge in [0, 0.05) is 17.2 Å². The van der Waals surface area contributed by atoms with Gasteiger partial charge in [-0.2, -0.15) is 0 Å². The van der Waals surface area contributed by atoms with Gasteiger partial charge in [-0.15, -0.1) is 0 Å². The van der Waals surface area contributed by atoms with E-state index in [0.29, 0.717) is 11.4 Å².